The van der Waals surface area contributed by atoms with Crippen molar-refractivity contribution in [1.29, 1.82) is 0 Å². The number of nitrogens with zero attached hydrogens (tertiary/aromatic N) is 6. The molecule has 10 atom stereocenters. The molecule has 2 bridgehead atoms. The Kier molecular flexibility index (Phi) is 14.8. The molecule has 0 radical (unpaired) electrons. The molecule has 62 heavy (non-hydrogen) atoms. The highest BCUT2D eigenvalue weighted by molar-refractivity contribution is 7.52. The molecule has 0 aromatic carbocycles. The molecule has 0 aliphatic carbocycles. The lowest BCUT2D eigenvalue weighted by Crippen LogP contribution is -2.38. The molecule has 0 amide bonds. The standard InChI is InChI=1S/C37H55N9O14P2/c1-3-4-5-6-7-8-9-10-11-12-13-14-15-55-36(50)25-29-24(59-35(25)46-20-40-26-30(46)41-21(2)42-32(26)48)17-56-61(51,52)18-22-28(47)23(16-57-62(53,54)60-29)58-34(22)45-19-39-27-31(45)43-37(38)44-33(27)49/h19-20,22-25,28-29,34-35,47H,3-18H2,1-2H3,(H,51,52)(H,53,54)(H,41,42,48)(H3,38,43,44,49)/t22-,23-,24-,25-,28+,29-,34-,35-/m1/s1. The number of rotatable bonds is 16. The van der Waals surface area contributed by atoms with Gasteiger partial charge in [-0.05, 0) is 13.3 Å². The number of esters is 1. The molecule has 4 aromatic rings. The quantitative estimate of drug-likeness (QED) is 0.0532. The number of unbranched alkanes of at least 4 members (excludes halogenated alkanes) is 11. The van der Waals surface area contributed by atoms with Crippen molar-refractivity contribution in [1.82, 2.24) is 39.0 Å². The van der Waals surface area contributed by atoms with E-state index in [1.807, 2.05) is 0 Å². The minimum Gasteiger partial charge on any atom is -0.465 e. The van der Waals surface area contributed by atoms with Gasteiger partial charge >= 0.3 is 21.4 Å². The molecule has 342 valence electrons. The van der Waals surface area contributed by atoms with E-state index in [9.17, 15) is 38.4 Å². The highest BCUT2D eigenvalue weighted by atomic mass is 31.2. The fourth-order valence-electron chi connectivity index (χ4n) is 8.33. The number of aliphatic hydroxyl groups excluding tert-OH is 1. The average Bonchev–Trinajstić information content (AvgIpc) is 3.98. The van der Waals surface area contributed by atoms with Crippen LogP contribution in [0.5, 0.6) is 0 Å². The van der Waals surface area contributed by atoms with E-state index in [0.29, 0.717) is 6.42 Å². The number of hydrogen-bond donors (Lipinski definition) is 6. The zero-order valence-corrected chi connectivity index (χ0v) is 36.4. The van der Waals surface area contributed by atoms with Crippen molar-refractivity contribution in [3.05, 3.63) is 39.2 Å². The summed E-state index contributed by atoms with van der Waals surface area (Å²) in [7, 11) is -9.95. The summed E-state index contributed by atoms with van der Waals surface area (Å²) in [5, 5.41) is 11.4. The van der Waals surface area contributed by atoms with Gasteiger partial charge in [-0.15, -0.1) is 0 Å². The number of anilines is 1. The van der Waals surface area contributed by atoms with Gasteiger partial charge in [-0.1, -0.05) is 77.6 Å². The van der Waals surface area contributed by atoms with Gasteiger partial charge in [0.15, 0.2) is 28.6 Å². The van der Waals surface area contributed by atoms with Crippen molar-refractivity contribution in [3.8, 4) is 0 Å². The largest absolute Gasteiger partial charge is 0.472 e. The van der Waals surface area contributed by atoms with E-state index < -0.39 is 101 Å². The van der Waals surface area contributed by atoms with Crippen LogP contribution in [0.2, 0.25) is 0 Å². The molecule has 4 aromatic heterocycles. The van der Waals surface area contributed by atoms with Gasteiger partial charge in [0.2, 0.25) is 5.95 Å². The van der Waals surface area contributed by atoms with Crippen LogP contribution in [0, 0.1) is 18.8 Å². The number of phosphoric acid groups is 1. The van der Waals surface area contributed by atoms with Crippen molar-refractivity contribution < 1.29 is 56.6 Å². The summed E-state index contributed by atoms with van der Waals surface area (Å²) >= 11 is 0. The molecule has 25 heteroatoms. The van der Waals surface area contributed by atoms with E-state index in [2.05, 4.69) is 36.8 Å². The molecule has 3 fully saturated rings. The van der Waals surface area contributed by atoms with Gasteiger partial charge in [-0.25, -0.2) is 19.5 Å². The predicted molar refractivity (Wildman–Crippen MR) is 220 cm³/mol. The number of ether oxygens (including phenoxy) is 3. The number of nitrogens with one attached hydrogen (secondary N) is 2. The van der Waals surface area contributed by atoms with Gasteiger partial charge in [0.05, 0.1) is 44.7 Å². The SMILES string of the molecule is CCCCCCCCCCCCCCOC(=O)[C@@H]1[C@@H]2OP(=O)(O)OC[C@H]3O[C@@H](n4cnc5c(=O)[nH]c(N)nc54)[C@H](CP(=O)(O)OC[C@H]2O[C@H]1n1cnc2c(=O)[nH]c(C)nc21)[C@@H]3O. The number of nitrogen functional groups attached to an aromatic ring is 1. The molecule has 0 spiro atoms. The van der Waals surface area contributed by atoms with E-state index in [1.54, 1.807) is 0 Å². The van der Waals surface area contributed by atoms with Gasteiger partial charge in [0, 0.05) is 5.92 Å². The number of H-pyrrole nitrogens is 2. The molecule has 7 rings (SSSR count). The van der Waals surface area contributed by atoms with E-state index >= 15 is 0 Å². The molecule has 0 saturated carbocycles. The number of carbonyl (C=O) groups is 1. The van der Waals surface area contributed by atoms with Gasteiger partial charge in [0.25, 0.3) is 11.1 Å². The third-order valence-electron chi connectivity index (χ3n) is 11.4. The number of aliphatic hydroxyl groups is 1. The molecule has 23 nitrogen and oxygen atoms in total. The van der Waals surface area contributed by atoms with E-state index in [4.69, 9.17) is 33.5 Å². The number of carbonyl (C=O) groups excluding carboxylic acids is 1. The Morgan fingerprint density at radius 2 is 1.40 bits per heavy atom. The Bertz CT molecular complexity index is 2410. The van der Waals surface area contributed by atoms with Crippen LogP contribution in [0.3, 0.4) is 0 Å². The number of nitrogens with two attached hydrogens (primary N) is 1. The fraction of sp³-hybridized carbons (Fsp3) is 0.703. The maximum absolute atomic E-state index is 14.1. The van der Waals surface area contributed by atoms with Gasteiger partial charge < -0.3 is 44.3 Å². The lowest BCUT2D eigenvalue weighted by atomic mass is 10.00. The molecule has 2 unspecified atom stereocenters. The predicted octanol–water partition coefficient (Wildman–Crippen LogP) is 3.49. The van der Waals surface area contributed by atoms with Crippen LogP contribution in [-0.2, 0) is 41.7 Å². The number of phosphoric ester groups is 1. The molecule has 3 saturated heterocycles. The summed E-state index contributed by atoms with van der Waals surface area (Å²) in [6, 6.07) is 0. The Labute approximate surface area is 355 Å². The molecule has 7 heterocycles. The second-order valence-corrected chi connectivity index (χ2v) is 19.4. The van der Waals surface area contributed by atoms with Crippen molar-refractivity contribution in [2.45, 2.75) is 128 Å². The van der Waals surface area contributed by atoms with Gasteiger partial charge in [0.1, 0.15) is 36.3 Å². The van der Waals surface area contributed by atoms with Crippen LogP contribution in [0.25, 0.3) is 22.3 Å². The topological polar surface area (TPSA) is 320 Å². The minimum absolute atomic E-state index is 0.0103. The first-order valence-electron chi connectivity index (χ1n) is 21.1. The zero-order chi connectivity index (χ0) is 44.2. The molecular formula is C37H55N9O14P2. The Balaban J connectivity index is 1.10. The van der Waals surface area contributed by atoms with Crippen LogP contribution in [-0.4, -0.2) is 110 Å². The summed E-state index contributed by atoms with van der Waals surface area (Å²) < 4.78 is 64.8. The summed E-state index contributed by atoms with van der Waals surface area (Å²) in [6.45, 7) is 2.19. The molecule has 3 aliphatic rings. The van der Waals surface area contributed by atoms with Crippen LogP contribution in [0.15, 0.2) is 22.2 Å². The van der Waals surface area contributed by atoms with Crippen molar-refractivity contribution >= 4 is 49.7 Å². The molecular weight excluding hydrogens is 856 g/mol. The van der Waals surface area contributed by atoms with Crippen LogP contribution in [0.4, 0.5) is 5.95 Å². The first-order chi connectivity index (χ1) is 29.7. The van der Waals surface area contributed by atoms with Crippen LogP contribution in [0.1, 0.15) is 102 Å². The highest BCUT2D eigenvalue weighted by Gasteiger charge is 2.56. The molecule has 3 aliphatic heterocycles. The molecule has 7 N–H and O–H groups in total. The number of aromatic nitrogens is 8. The summed E-state index contributed by atoms with van der Waals surface area (Å²) in [5.74, 6) is -3.75. The van der Waals surface area contributed by atoms with Crippen LogP contribution < -0.4 is 16.9 Å². The number of fused-ring (bicyclic) bond motifs is 5. The summed E-state index contributed by atoms with van der Waals surface area (Å²) in [5.41, 5.74) is 4.25. The number of aromatic amines is 2. The Morgan fingerprint density at radius 3 is 2.06 bits per heavy atom. The normalized spacial score (nSPS) is 30.5. The second-order valence-electron chi connectivity index (χ2n) is 16.1. The maximum atomic E-state index is 14.1. The minimum atomic E-state index is -5.20. The third-order valence-corrected chi connectivity index (χ3v) is 13.9. The smallest absolute Gasteiger partial charge is 0.465 e. The fourth-order valence-corrected chi connectivity index (χ4v) is 10.7. The lowest BCUT2D eigenvalue weighted by Gasteiger charge is -2.26. The number of hydrogen-bond acceptors (Lipinski definition) is 17. The second kappa shape index (κ2) is 19.9. The number of imidazole rings is 2. The zero-order valence-electron chi connectivity index (χ0n) is 34.6. The first kappa shape index (κ1) is 46.1. The van der Waals surface area contributed by atoms with Gasteiger partial charge in [-0.2, -0.15) is 4.98 Å². The first-order valence-corrected chi connectivity index (χ1v) is 24.4. The van der Waals surface area contributed by atoms with E-state index in [0.717, 1.165) is 25.7 Å². The van der Waals surface area contributed by atoms with Crippen molar-refractivity contribution in [2.75, 3.05) is 31.7 Å². The van der Waals surface area contributed by atoms with E-state index in [-0.39, 0.29) is 40.7 Å². The van der Waals surface area contributed by atoms with Gasteiger partial charge in [-0.3, -0.25) is 42.1 Å². The monoisotopic (exact) mass is 911 g/mol. The third kappa shape index (κ3) is 10.5. The number of aryl methyl sites for hydroxylation is 1. The van der Waals surface area contributed by atoms with E-state index in [1.165, 1.54) is 73.7 Å². The van der Waals surface area contributed by atoms with Crippen molar-refractivity contribution in [3.63, 3.8) is 0 Å². The summed E-state index contributed by atoms with van der Waals surface area (Å²) in [6.07, 6.45) is 5.86. The Hall–Kier alpha value is -3.89. The van der Waals surface area contributed by atoms with Crippen LogP contribution >= 0.6 is 15.4 Å². The maximum Gasteiger partial charge on any atom is 0.472 e. The highest BCUT2D eigenvalue weighted by Crippen LogP contribution is 2.55. The van der Waals surface area contributed by atoms with Crippen molar-refractivity contribution in [2.24, 2.45) is 11.8 Å². The average molecular weight is 912 g/mol. The lowest BCUT2D eigenvalue weighted by molar-refractivity contribution is -0.154. The Morgan fingerprint density at radius 1 is 0.839 bits per heavy atom. The summed E-state index contributed by atoms with van der Waals surface area (Å²) in [4.78, 5) is 83.4.